The summed E-state index contributed by atoms with van der Waals surface area (Å²) in [5.41, 5.74) is 0.635. The number of aryl methyl sites for hydroxylation is 1. The molecule has 1 aromatic heterocycles. The molecule has 92 valence electrons. The molecule has 0 aromatic carbocycles. The molecule has 0 bridgehead atoms. The lowest BCUT2D eigenvalue weighted by Crippen LogP contribution is -2.29. The lowest BCUT2D eigenvalue weighted by Gasteiger charge is -2.16. The van der Waals surface area contributed by atoms with Gasteiger partial charge < -0.3 is 14.5 Å². The number of carboxylic acid groups (broad SMARTS) is 1. The number of hydrogen-bond acceptors (Lipinski definition) is 6. The monoisotopic (exact) mass is 240 g/mol. The smallest absolute Gasteiger partial charge is 0.408 e. The maximum Gasteiger partial charge on any atom is 0.408 e. The number of likely N-dealkylation sites (tertiary alicyclic amines) is 1. The Labute approximate surface area is 96.8 Å². The van der Waals surface area contributed by atoms with Gasteiger partial charge in [0.2, 0.25) is 5.89 Å². The summed E-state index contributed by atoms with van der Waals surface area (Å²) in [5.74, 6) is 0.758. The molecule has 0 spiro atoms. The highest BCUT2D eigenvalue weighted by Crippen LogP contribution is 2.29. The molecule has 0 radical (unpaired) electrons. The molecular formula is C9H12N4O4. The van der Waals surface area contributed by atoms with Gasteiger partial charge in [0.25, 0.3) is 0 Å². The normalized spacial score (nSPS) is 22.1. The van der Waals surface area contributed by atoms with Crippen molar-refractivity contribution < 1.29 is 19.3 Å². The first-order valence-corrected chi connectivity index (χ1v) is 5.00. The Kier molecular flexibility index (Phi) is 2.94. The van der Waals surface area contributed by atoms with Crippen molar-refractivity contribution in [3.05, 3.63) is 11.7 Å². The van der Waals surface area contributed by atoms with Gasteiger partial charge in [-0.25, -0.2) is 4.79 Å². The number of aromatic nitrogens is 2. The third-order valence-corrected chi connectivity index (χ3v) is 2.45. The summed E-state index contributed by atoms with van der Waals surface area (Å²) in [4.78, 5) is 21.0. The minimum atomic E-state index is -1.05. The molecule has 1 amide bonds. The van der Waals surface area contributed by atoms with Gasteiger partial charge in [0, 0.05) is 6.42 Å². The van der Waals surface area contributed by atoms with E-state index in [0.717, 1.165) is 0 Å². The van der Waals surface area contributed by atoms with E-state index in [0.29, 0.717) is 18.0 Å². The van der Waals surface area contributed by atoms with E-state index < -0.39 is 12.1 Å². The van der Waals surface area contributed by atoms with Crippen LogP contribution in [0.2, 0.25) is 0 Å². The van der Waals surface area contributed by atoms with Crippen molar-refractivity contribution in [2.75, 3.05) is 13.7 Å². The Balaban J connectivity index is 2.25. The second-order valence-electron chi connectivity index (χ2n) is 3.65. The molecule has 17 heavy (non-hydrogen) atoms. The Morgan fingerprint density at radius 3 is 3.00 bits per heavy atom. The van der Waals surface area contributed by atoms with Crippen LogP contribution >= 0.6 is 0 Å². The topological polar surface area (TPSA) is 101 Å². The zero-order valence-electron chi connectivity index (χ0n) is 9.45. The fourth-order valence-electron chi connectivity index (χ4n) is 1.77. The van der Waals surface area contributed by atoms with Crippen LogP contribution in [0.3, 0.4) is 0 Å². The molecule has 1 aliphatic heterocycles. The average Bonchev–Trinajstić information content (AvgIpc) is 2.84. The third kappa shape index (κ3) is 2.19. The molecule has 1 N–H and O–H groups in total. The van der Waals surface area contributed by atoms with Crippen LogP contribution in [0.1, 0.15) is 24.2 Å². The summed E-state index contributed by atoms with van der Waals surface area (Å²) in [6.07, 6.45) is -0.644. The third-order valence-electron chi connectivity index (χ3n) is 2.45. The van der Waals surface area contributed by atoms with E-state index in [9.17, 15) is 4.79 Å². The molecule has 1 saturated heterocycles. The molecule has 8 nitrogen and oxygen atoms in total. The molecular weight excluding hydrogens is 228 g/mol. The minimum absolute atomic E-state index is 0.190. The number of amides is 1. The summed E-state index contributed by atoms with van der Waals surface area (Å²) in [6, 6.07) is -0.484. The minimum Gasteiger partial charge on any atom is -0.465 e. The number of nitrogens with zero attached hydrogens (tertiary/aromatic N) is 4. The predicted octanol–water partition coefficient (Wildman–Crippen LogP) is 0.805. The van der Waals surface area contributed by atoms with E-state index in [1.807, 2.05) is 0 Å². The lowest BCUT2D eigenvalue weighted by atomic mass is 10.2. The van der Waals surface area contributed by atoms with Gasteiger partial charge in [0.05, 0.1) is 12.3 Å². The van der Waals surface area contributed by atoms with Gasteiger partial charge in [-0.05, 0) is 6.92 Å². The molecule has 1 fully saturated rings. The van der Waals surface area contributed by atoms with Crippen LogP contribution in [-0.4, -0.2) is 45.6 Å². The van der Waals surface area contributed by atoms with Gasteiger partial charge in [0.1, 0.15) is 13.2 Å². The first-order chi connectivity index (χ1) is 8.11. The molecule has 0 aliphatic carbocycles. The summed E-state index contributed by atoms with van der Waals surface area (Å²) in [5, 5.41) is 16.5. The first kappa shape index (κ1) is 11.4. The fraction of sp³-hybridized carbons (Fsp3) is 0.556. The Hall–Kier alpha value is -2.12. The number of hydrogen-bond donors (Lipinski definition) is 1. The van der Waals surface area contributed by atoms with Crippen molar-refractivity contribution in [2.24, 2.45) is 5.16 Å². The van der Waals surface area contributed by atoms with E-state index in [2.05, 4.69) is 20.1 Å². The molecule has 0 unspecified atom stereocenters. The Morgan fingerprint density at radius 1 is 1.71 bits per heavy atom. The van der Waals surface area contributed by atoms with E-state index in [1.54, 1.807) is 6.92 Å². The van der Waals surface area contributed by atoms with Crippen molar-refractivity contribution in [1.29, 1.82) is 0 Å². The van der Waals surface area contributed by atoms with Gasteiger partial charge in [-0.1, -0.05) is 10.3 Å². The van der Waals surface area contributed by atoms with Gasteiger partial charge in [-0.2, -0.15) is 4.98 Å². The van der Waals surface area contributed by atoms with Crippen molar-refractivity contribution >= 4 is 11.8 Å². The SMILES string of the molecule is CO/N=C1\C[C@@H](c2nc(C)no2)N(C(=O)O)C1. The quantitative estimate of drug-likeness (QED) is 0.767. The highest BCUT2D eigenvalue weighted by molar-refractivity contribution is 5.91. The largest absolute Gasteiger partial charge is 0.465 e. The van der Waals surface area contributed by atoms with E-state index in [1.165, 1.54) is 12.0 Å². The molecule has 2 rings (SSSR count). The van der Waals surface area contributed by atoms with E-state index in [-0.39, 0.29) is 12.4 Å². The van der Waals surface area contributed by atoms with Crippen LogP contribution in [0.5, 0.6) is 0 Å². The maximum atomic E-state index is 11.1. The fourth-order valence-corrected chi connectivity index (χ4v) is 1.77. The highest BCUT2D eigenvalue weighted by atomic mass is 16.6. The predicted molar refractivity (Wildman–Crippen MR) is 55.6 cm³/mol. The van der Waals surface area contributed by atoms with Gasteiger partial charge >= 0.3 is 6.09 Å². The highest BCUT2D eigenvalue weighted by Gasteiger charge is 2.37. The van der Waals surface area contributed by atoms with Gasteiger partial charge in [-0.15, -0.1) is 0 Å². The molecule has 8 heteroatoms. The van der Waals surface area contributed by atoms with Gasteiger partial charge in [0.15, 0.2) is 5.82 Å². The second kappa shape index (κ2) is 4.40. The molecule has 1 aromatic rings. The van der Waals surface area contributed by atoms with Crippen molar-refractivity contribution in [1.82, 2.24) is 15.0 Å². The summed E-state index contributed by atoms with van der Waals surface area (Å²) in [6.45, 7) is 1.87. The second-order valence-corrected chi connectivity index (χ2v) is 3.65. The standard InChI is InChI=1S/C9H12N4O4/c1-5-10-8(17-11-5)7-3-6(12-16-2)4-13(7)9(14)15/h7H,3-4H2,1-2H3,(H,14,15)/b12-6+/t7-/m0/s1. The zero-order chi connectivity index (χ0) is 12.4. The van der Waals surface area contributed by atoms with Gasteiger partial charge in [-0.3, -0.25) is 4.90 Å². The molecule has 2 heterocycles. The number of oxime groups is 1. The van der Waals surface area contributed by atoms with Crippen molar-refractivity contribution in [3.63, 3.8) is 0 Å². The molecule has 1 atom stereocenters. The van der Waals surface area contributed by atoms with Crippen molar-refractivity contribution in [2.45, 2.75) is 19.4 Å². The molecule has 0 saturated carbocycles. The van der Waals surface area contributed by atoms with Crippen LogP contribution in [0.25, 0.3) is 0 Å². The maximum absolute atomic E-state index is 11.1. The molecule has 1 aliphatic rings. The first-order valence-electron chi connectivity index (χ1n) is 5.00. The van der Waals surface area contributed by atoms with Crippen LogP contribution in [0.4, 0.5) is 4.79 Å². The zero-order valence-corrected chi connectivity index (χ0v) is 9.45. The van der Waals surface area contributed by atoms with Crippen LogP contribution in [-0.2, 0) is 4.84 Å². The van der Waals surface area contributed by atoms with Crippen LogP contribution in [0.15, 0.2) is 9.68 Å². The van der Waals surface area contributed by atoms with E-state index >= 15 is 0 Å². The summed E-state index contributed by atoms with van der Waals surface area (Å²) in [7, 11) is 1.42. The number of carbonyl (C=O) groups is 1. The summed E-state index contributed by atoms with van der Waals surface area (Å²) >= 11 is 0. The lowest BCUT2D eigenvalue weighted by molar-refractivity contribution is 0.132. The van der Waals surface area contributed by atoms with E-state index in [4.69, 9.17) is 9.63 Å². The Morgan fingerprint density at radius 2 is 2.47 bits per heavy atom. The average molecular weight is 240 g/mol. The number of rotatable bonds is 2. The van der Waals surface area contributed by atoms with Crippen LogP contribution < -0.4 is 0 Å². The van der Waals surface area contributed by atoms with Crippen molar-refractivity contribution in [3.8, 4) is 0 Å². The summed E-state index contributed by atoms with van der Waals surface area (Å²) < 4.78 is 4.99. The van der Waals surface area contributed by atoms with Crippen LogP contribution in [0, 0.1) is 6.92 Å². The Bertz CT molecular complexity index is 456.